The van der Waals surface area contributed by atoms with Gasteiger partial charge in [0, 0.05) is 25.1 Å². The summed E-state index contributed by atoms with van der Waals surface area (Å²) < 4.78 is 28.4. The van der Waals surface area contributed by atoms with Crippen molar-refractivity contribution in [1.29, 1.82) is 0 Å². The van der Waals surface area contributed by atoms with Crippen molar-refractivity contribution in [3.63, 3.8) is 0 Å². The highest BCUT2D eigenvalue weighted by Crippen LogP contribution is 2.25. The molecule has 1 aromatic carbocycles. The van der Waals surface area contributed by atoms with Crippen molar-refractivity contribution in [2.24, 2.45) is 12.8 Å². The van der Waals surface area contributed by atoms with Crippen LogP contribution < -0.4 is 5.73 Å². The summed E-state index contributed by atoms with van der Waals surface area (Å²) >= 11 is 6.11. The van der Waals surface area contributed by atoms with E-state index in [-0.39, 0.29) is 12.0 Å². The van der Waals surface area contributed by atoms with Crippen LogP contribution in [0, 0.1) is 18.6 Å². The third-order valence-electron chi connectivity index (χ3n) is 3.03. The Morgan fingerprint density at radius 2 is 2.11 bits per heavy atom. The largest absolute Gasteiger partial charge is 0.324 e. The van der Waals surface area contributed by atoms with Crippen LogP contribution >= 0.6 is 11.6 Å². The van der Waals surface area contributed by atoms with E-state index in [9.17, 15) is 8.78 Å². The second-order valence-electron chi connectivity index (χ2n) is 4.45. The molecule has 102 valence electrons. The van der Waals surface area contributed by atoms with Gasteiger partial charge in [-0.15, -0.1) is 0 Å². The van der Waals surface area contributed by atoms with Gasteiger partial charge >= 0.3 is 0 Å². The van der Waals surface area contributed by atoms with Gasteiger partial charge in [0.05, 0.1) is 16.4 Å². The lowest BCUT2D eigenvalue weighted by Crippen LogP contribution is -2.17. The van der Waals surface area contributed by atoms with Crippen LogP contribution in [0.2, 0.25) is 5.02 Å². The molecule has 0 radical (unpaired) electrons. The van der Waals surface area contributed by atoms with Crippen LogP contribution in [0.1, 0.15) is 23.0 Å². The van der Waals surface area contributed by atoms with E-state index in [1.165, 1.54) is 0 Å². The summed E-state index contributed by atoms with van der Waals surface area (Å²) in [5.74, 6) is -1.04. The van der Waals surface area contributed by atoms with E-state index >= 15 is 0 Å². The fourth-order valence-electron chi connectivity index (χ4n) is 2.02. The smallest absolute Gasteiger partial charge is 0.128 e. The Morgan fingerprint density at radius 3 is 2.68 bits per heavy atom. The molecule has 0 spiro atoms. The van der Waals surface area contributed by atoms with Crippen molar-refractivity contribution in [2.45, 2.75) is 19.4 Å². The molecular weight excluding hydrogens is 272 g/mol. The first-order valence-electron chi connectivity index (χ1n) is 5.78. The normalized spacial score (nSPS) is 12.7. The lowest BCUT2D eigenvalue weighted by Gasteiger charge is -2.13. The Kier molecular flexibility index (Phi) is 3.87. The molecule has 19 heavy (non-hydrogen) atoms. The second kappa shape index (κ2) is 5.27. The maximum atomic E-state index is 13.6. The average Bonchev–Trinajstić information content (AvgIpc) is 2.59. The highest BCUT2D eigenvalue weighted by molar-refractivity contribution is 6.31. The maximum absolute atomic E-state index is 13.6. The minimum atomic E-state index is -0.678. The molecule has 1 heterocycles. The van der Waals surface area contributed by atoms with Crippen LogP contribution in [0.5, 0.6) is 0 Å². The van der Waals surface area contributed by atoms with Crippen LogP contribution in [-0.2, 0) is 13.5 Å². The minimum absolute atomic E-state index is 0.134. The third kappa shape index (κ3) is 2.77. The van der Waals surface area contributed by atoms with E-state index in [0.29, 0.717) is 16.4 Å². The molecule has 0 saturated carbocycles. The van der Waals surface area contributed by atoms with E-state index in [1.807, 2.05) is 0 Å². The summed E-state index contributed by atoms with van der Waals surface area (Å²) in [6, 6.07) is 2.56. The Hall–Kier alpha value is -1.46. The Labute approximate surface area is 115 Å². The van der Waals surface area contributed by atoms with Gasteiger partial charge in [0.2, 0.25) is 0 Å². The summed E-state index contributed by atoms with van der Waals surface area (Å²) in [6.45, 7) is 1.78. The van der Waals surface area contributed by atoms with Gasteiger partial charge in [0.15, 0.2) is 0 Å². The maximum Gasteiger partial charge on any atom is 0.128 e. The predicted octanol–water partition coefficient (Wildman–Crippen LogP) is 2.90. The summed E-state index contributed by atoms with van der Waals surface area (Å²) in [5, 5.41) is 4.67. The molecule has 1 unspecified atom stereocenters. The lowest BCUT2D eigenvalue weighted by molar-refractivity contribution is 0.553. The Morgan fingerprint density at radius 1 is 1.42 bits per heavy atom. The van der Waals surface area contributed by atoms with E-state index < -0.39 is 17.7 Å². The fourth-order valence-corrected chi connectivity index (χ4v) is 2.26. The van der Waals surface area contributed by atoms with Crippen LogP contribution in [-0.4, -0.2) is 9.78 Å². The van der Waals surface area contributed by atoms with Gasteiger partial charge in [0.25, 0.3) is 0 Å². The monoisotopic (exact) mass is 285 g/mol. The highest BCUT2D eigenvalue weighted by atomic mass is 35.5. The average molecular weight is 286 g/mol. The zero-order valence-electron chi connectivity index (χ0n) is 10.6. The molecule has 0 fully saturated rings. The first kappa shape index (κ1) is 14.0. The zero-order valence-corrected chi connectivity index (χ0v) is 11.4. The summed E-state index contributed by atoms with van der Waals surface area (Å²) in [5.41, 5.74) is 7.46. The van der Waals surface area contributed by atoms with Crippen LogP contribution in [0.4, 0.5) is 8.78 Å². The molecule has 1 aromatic heterocycles. The van der Waals surface area contributed by atoms with Crippen molar-refractivity contribution in [3.8, 4) is 0 Å². The molecule has 0 aliphatic heterocycles. The van der Waals surface area contributed by atoms with Gasteiger partial charge in [-0.1, -0.05) is 11.6 Å². The zero-order chi connectivity index (χ0) is 14.2. The first-order chi connectivity index (χ1) is 8.90. The number of aromatic nitrogens is 2. The molecule has 2 rings (SSSR count). The van der Waals surface area contributed by atoms with Crippen molar-refractivity contribution in [1.82, 2.24) is 9.78 Å². The number of hydrogen-bond acceptors (Lipinski definition) is 2. The highest BCUT2D eigenvalue weighted by Gasteiger charge is 2.18. The number of hydrogen-bond donors (Lipinski definition) is 1. The summed E-state index contributed by atoms with van der Waals surface area (Å²) in [6.07, 6.45) is 0.288. The minimum Gasteiger partial charge on any atom is -0.324 e. The molecule has 6 heteroatoms. The van der Waals surface area contributed by atoms with Crippen LogP contribution in [0.25, 0.3) is 0 Å². The molecule has 0 aliphatic rings. The Balaban J connectivity index is 2.30. The summed E-state index contributed by atoms with van der Waals surface area (Å²) in [4.78, 5) is 0. The van der Waals surface area contributed by atoms with Gasteiger partial charge < -0.3 is 5.73 Å². The van der Waals surface area contributed by atoms with Crippen molar-refractivity contribution in [2.75, 3.05) is 0 Å². The molecule has 2 N–H and O–H groups in total. The molecule has 0 saturated heterocycles. The van der Waals surface area contributed by atoms with Gasteiger partial charge in [-0.3, -0.25) is 4.68 Å². The van der Waals surface area contributed by atoms with Gasteiger partial charge in [-0.2, -0.15) is 5.10 Å². The van der Waals surface area contributed by atoms with Crippen molar-refractivity contribution in [3.05, 3.63) is 51.8 Å². The molecular formula is C13H14ClF2N3. The van der Waals surface area contributed by atoms with Gasteiger partial charge in [-0.25, -0.2) is 8.78 Å². The molecule has 1 atom stereocenters. The predicted molar refractivity (Wildman–Crippen MR) is 69.9 cm³/mol. The Bertz CT molecular complexity index is 610. The third-order valence-corrected chi connectivity index (χ3v) is 3.52. The molecule has 0 bridgehead atoms. The van der Waals surface area contributed by atoms with Crippen molar-refractivity contribution < 1.29 is 8.78 Å². The molecule has 3 nitrogen and oxygen atoms in total. The van der Waals surface area contributed by atoms with Gasteiger partial charge in [0.1, 0.15) is 11.6 Å². The van der Waals surface area contributed by atoms with E-state index in [2.05, 4.69) is 5.10 Å². The van der Waals surface area contributed by atoms with E-state index in [4.69, 9.17) is 17.3 Å². The fraction of sp³-hybridized carbons (Fsp3) is 0.308. The molecule has 0 aliphatic carbocycles. The number of rotatable bonds is 3. The van der Waals surface area contributed by atoms with E-state index in [0.717, 1.165) is 18.2 Å². The SMILES string of the molecule is Cc1nn(C)c(CC(N)c2cc(F)ccc2F)c1Cl. The number of nitrogens with zero attached hydrogens (tertiary/aromatic N) is 2. The summed E-state index contributed by atoms with van der Waals surface area (Å²) in [7, 11) is 1.74. The number of nitrogens with two attached hydrogens (primary N) is 1. The van der Waals surface area contributed by atoms with Crippen LogP contribution in [0.15, 0.2) is 18.2 Å². The molecule has 2 aromatic rings. The van der Waals surface area contributed by atoms with E-state index in [1.54, 1.807) is 18.7 Å². The van der Waals surface area contributed by atoms with Gasteiger partial charge in [-0.05, 0) is 25.1 Å². The molecule has 0 amide bonds. The number of aryl methyl sites for hydroxylation is 2. The second-order valence-corrected chi connectivity index (χ2v) is 4.82. The topological polar surface area (TPSA) is 43.8 Å². The lowest BCUT2D eigenvalue weighted by atomic mass is 10.0. The standard InChI is InChI=1S/C13H14ClF2N3/c1-7-13(14)12(19(2)18-7)6-11(17)9-5-8(15)3-4-10(9)16/h3-5,11H,6,17H2,1-2H3. The number of benzene rings is 1. The quantitative estimate of drug-likeness (QED) is 0.942. The van der Waals surface area contributed by atoms with Crippen LogP contribution in [0.3, 0.4) is 0 Å². The number of halogens is 3. The van der Waals surface area contributed by atoms with Crippen molar-refractivity contribution >= 4 is 11.6 Å². The first-order valence-corrected chi connectivity index (χ1v) is 6.16.